The number of hydrogen-bond donors (Lipinski definition) is 0. The molecule has 0 radical (unpaired) electrons. The molecule has 2 amide bonds. The van der Waals surface area contributed by atoms with E-state index in [2.05, 4.69) is 0 Å². The lowest BCUT2D eigenvalue weighted by atomic mass is 9.76. The number of benzene rings is 3. The highest BCUT2D eigenvalue weighted by molar-refractivity contribution is 6.25. The van der Waals surface area contributed by atoms with Crippen molar-refractivity contribution in [3.8, 4) is 0 Å². The first-order chi connectivity index (χ1) is 14.9. The standard InChI is InChI=1S/C25H21FN2O3/c1-16-8-10-17(11-9-16)21-25(2)22(31-28(21)20-6-4-3-5-7-20)23(29)27(24(25)30)19-14-12-18(26)13-15-19/h3-15,21-22H,1-2H3. The summed E-state index contributed by atoms with van der Waals surface area (Å²) in [6.07, 6.45) is -0.989. The molecule has 2 aliphatic rings. The minimum atomic E-state index is -1.16. The van der Waals surface area contributed by atoms with Gasteiger partial charge in [0, 0.05) is 0 Å². The molecule has 2 fully saturated rings. The summed E-state index contributed by atoms with van der Waals surface area (Å²) in [5.41, 5.74) is 1.91. The van der Waals surface area contributed by atoms with E-state index in [1.165, 1.54) is 24.3 Å². The molecule has 2 saturated heterocycles. The molecule has 5 nitrogen and oxygen atoms in total. The molecule has 3 unspecified atom stereocenters. The largest absolute Gasteiger partial charge is 0.273 e. The molecule has 2 aliphatic heterocycles. The van der Waals surface area contributed by atoms with Gasteiger partial charge in [-0.25, -0.2) is 14.4 Å². The first-order valence-electron chi connectivity index (χ1n) is 10.1. The highest BCUT2D eigenvalue weighted by atomic mass is 19.1. The number of rotatable bonds is 3. The Balaban J connectivity index is 1.63. The topological polar surface area (TPSA) is 49.9 Å². The van der Waals surface area contributed by atoms with E-state index in [0.717, 1.165) is 21.7 Å². The molecule has 2 heterocycles. The number of carbonyl (C=O) groups is 2. The Morgan fingerprint density at radius 2 is 1.52 bits per heavy atom. The van der Waals surface area contributed by atoms with Crippen molar-refractivity contribution in [1.29, 1.82) is 0 Å². The highest BCUT2D eigenvalue weighted by Gasteiger charge is 2.68. The number of aryl methyl sites for hydroxylation is 1. The van der Waals surface area contributed by atoms with Crippen molar-refractivity contribution < 1.29 is 18.8 Å². The fraction of sp³-hybridized carbons (Fsp3) is 0.200. The van der Waals surface area contributed by atoms with Crippen LogP contribution in [0.1, 0.15) is 24.1 Å². The quantitative estimate of drug-likeness (QED) is 0.587. The molecule has 0 saturated carbocycles. The number of fused-ring (bicyclic) bond motifs is 1. The first-order valence-corrected chi connectivity index (χ1v) is 10.1. The van der Waals surface area contributed by atoms with Gasteiger partial charge in [0.15, 0.2) is 6.10 Å². The summed E-state index contributed by atoms with van der Waals surface area (Å²) in [7, 11) is 0. The molecule has 3 atom stereocenters. The Hall–Kier alpha value is -3.51. The van der Waals surface area contributed by atoms with E-state index in [1.54, 1.807) is 12.0 Å². The predicted molar refractivity (Wildman–Crippen MR) is 115 cm³/mol. The van der Waals surface area contributed by atoms with E-state index in [4.69, 9.17) is 4.84 Å². The number of carbonyl (C=O) groups excluding carboxylic acids is 2. The maximum absolute atomic E-state index is 13.7. The second-order valence-corrected chi connectivity index (χ2v) is 8.20. The van der Waals surface area contributed by atoms with Crippen molar-refractivity contribution in [3.05, 3.63) is 95.8 Å². The zero-order chi connectivity index (χ0) is 21.8. The van der Waals surface area contributed by atoms with E-state index < -0.39 is 29.3 Å². The van der Waals surface area contributed by atoms with Gasteiger partial charge in [-0.15, -0.1) is 0 Å². The zero-order valence-corrected chi connectivity index (χ0v) is 17.2. The summed E-state index contributed by atoms with van der Waals surface area (Å²) in [4.78, 5) is 34.4. The third kappa shape index (κ3) is 2.86. The molecule has 31 heavy (non-hydrogen) atoms. The Kier molecular flexibility index (Phi) is 4.41. The Labute approximate surface area is 179 Å². The summed E-state index contributed by atoms with van der Waals surface area (Å²) in [6, 6.07) is 22.2. The van der Waals surface area contributed by atoms with Crippen molar-refractivity contribution in [2.75, 3.05) is 9.96 Å². The number of imide groups is 1. The fourth-order valence-electron chi connectivity index (χ4n) is 4.51. The maximum Gasteiger partial charge on any atom is 0.266 e. The van der Waals surface area contributed by atoms with Crippen LogP contribution in [0.4, 0.5) is 15.8 Å². The van der Waals surface area contributed by atoms with Crippen LogP contribution in [0.25, 0.3) is 0 Å². The Morgan fingerprint density at radius 3 is 2.16 bits per heavy atom. The van der Waals surface area contributed by atoms with Gasteiger partial charge in [0.2, 0.25) is 5.91 Å². The molecule has 0 aliphatic carbocycles. The molecule has 6 heteroatoms. The molecule has 5 rings (SSSR count). The van der Waals surface area contributed by atoms with Crippen molar-refractivity contribution in [2.45, 2.75) is 26.0 Å². The van der Waals surface area contributed by atoms with Crippen LogP contribution in [0.2, 0.25) is 0 Å². The number of halogens is 1. The number of amides is 2. The second-order valence-electron chi connectivity index (χ2n) is 8.20. The molecule has 3 aromatic carbocycles. The molecular weight excluding hydrogens is 395 g/mol. The van der Waals surface area contributed by atoms with Gasteiger partial charge in [0.1, 0.15) is 11.2 Å². The van der Waals surface area contributed by atoms with Crippen molar-refractivity contribution in [3.63, 3.8) is 0 Å². The van der Waals surface area contributed by atoms with E-state index in [1.807, 2.05) is 61.5 Å². The lowest BCUT2D eigenvalue weighted by molar-refractivity contribution is -0.128. The summed E-state index contributed by atoms with van der Waals surface area (Å²) >= 11 is 0. The second kappa shape index (κ2) is 7.03. The number of hydroxylamine groups is 1. The van der Waals surface area contributed by atoms with Crippen LogP contribution < -0.4 is 9.96 Å². The van der Waals surface area contributed by atoms with Gasteiger partial charge < -0.3 is 0 Å². The van der Waals surface area contributed by atoms with E-state index in [0.29, 0.717) is 5.69 Å². The number of para-hydroxylation sites is 1. The van der Waals surface area contributed by atoms with Gasteiger partial charge in [0.25, 0.3) is 5.91 Å². The minimum absolute atomic E-state index is 0.338. The summed E-state index contributed by atoms with van der Waals surface area (Å²) in [5, 5.41) is 1.67. The number of anilines is 2. The molecule has 0 bridgehead atoms. The lowest BCUT2D eigenvalue weighted by Crippen LogP contribution is -2.41. The van der Waals surface area contributed by atoms with Crippen LogP contribution in [0.15, 0.2) is 78.9 Å². The molecular formula is C25H21FN2O3. The average Bonchev–Trinajstić information content (AvgIpc) is 3.19. The van der Waals surface area contributed by atoms with Gasteiger partial charge in [-0.3, -0.25) is 14.4 Å². The first kappa shape index (κ1) is 19.5. The van der Waals surface area contributed by atoms with Crippen LogP contribution in [0.5, 0.6) is 0 Å². The van der Waals surface area contributed by atoms with Crippen molar-refractivity contribution >= 4 is 23.2 Å². The lowest BCUT2D eigenvalue weighted by Gasteiger charge is -2.32. The van der Waals surface area contributed by atoms with E-state index >= 15 is 0 Å². The zero-order valence-electron chi connectivity index (χ0n) is 17.2. The Bertz CT molecular complexity index is 1150. The smallest absolute Gasteiger partial charge is 0.266 e. The molecule has 3 aromatic rings. The molecule has 0 N–H and O–H groups in total. The SMILES string of the molecule is Cc1ccc(C2N(c3ccccc3)OC3C(=O)N(c4ccc(F)cc4)C(=O)C32C)cc1. The predicted octanol–water partition coefficient (Wildman–Crippen LogP) is 4.58. The van der Waals surface area contributed by atoms with Crippen LogP contribution >= 0.6 is 0 Å². The number of hydrogen-bond acceptors (Lipinski definition) is 4. The van der Waals surface area contributed by atoms with E-state index in [9.17, 15) is 14.0 Å². The summed E-state index contributed by atoms with van der Waals surface area (Å²) in [5.74, 6) is -1.24. The van der Waals surface area contributed by atoms with Gasteiger partial charge in [0.05, 0.1) is 17.4 Å². The molecule has 0 spiro atoms. The van der Waals surface area contributed by atoms with Crippen LogP contribution in [-0.4, -0.2) is 17.9 Å². The van der Waals surface area contributed by atoms with E-state index in [-0.39, 0.29) is 5.91 Å². The number of nitrogens with zero attached hydrogens (tertiary/aromatic N) is 2. The Morgan fingerprint density at radius 1 is 0.871 bits per heavy atom. The monoisotopic (exact) mass is 416 g/mol. The molecule has 0 aromatic heterocycles. The maximum atomic E-state index is 13.7. The minimum Gasteiger partial charge on any atom is -0.273 e. The third-order valence-corrected chi connectivity index (χ3v) is 6.16. The van der Waals surface area contributed by atoms with Crippen molar-refractivity contribution in [2.24, 2.45) is 5.41 Å². The third-order valence-electron chi connectivity index (χ3n) is 6.16. The van der Waals surface area contributed by atoms with Gasteiger partial charge in [-0.1, -0.05) is 48.0 Å². The summed E-state index contributed by atoms with van der Waals surface area (Å²) < 4.78 is 13.4. The highest BCUT2D eigenvalue weighted by Crippen LogP contribution is 2.55. The van der Waals surface area contributed by atoms with Gasteiger partial charge in [-0.05, 0) is 55.8 Å². The van der Waals surface area contributed by atoms with Gasteiger partial charge >= 0.3 is 0 Å². The fourth-order valence-corrected chi connectivity index (χ4v) is 4.51. The van der Waals surface area contributed by atoms with Crippen LogP contribution in [-0.2, 0) is 14.4 Å². The van der Waals surface area contributed by atoms with Crippen LogP contribution in [0.3, 0.4) is 0 Å². The summed E-state index contributed by atoms with van der Waals surface area (Å²) in [6.45, 7) is 3.77. The average molecular weight is 416 g/mol. The van der Waals surface area contributed by atoms with Gasteiger partial charge in [-0.2, -0.15) is 0 Å². The normalized spacial score (nSPS) is 25.3. The molecule has 156 valence electrons. The van der Waals surface area contributed by atoms with Crippen LogP contribution in [0, 0.1) is 18.2 Å². The van der Waals surface area contributed by atoms with Crippen molar-refractivity contribution in [1.82, 2.24) is 0 Å².